The molecule has 3 rings (SSSR count). The lowest BCUT2D eigenvalue weighted by Gasteiger charge is -2.18. The van der Waals surface area contributed by atoms with E-state index in [-0.39, 0.29) is 30.2 Å². The molecule has 1 aliphatic rings. The van der Waals surface area contributed by atoms with Crippen LogP contribution in [-0.4, -0.2) is 58.3 Å². The maximum Gasteiger partial charge on any atom is 0.244 e. The van der Waals surface area contributed by atoms with Crippen molar-refractivity contribution in [3.05, 3.63) is 40.7 Å². The summed E-state index contributed by atoms with van der Waals surface area (Å²) in [5.41, 5.74) is 2.57. The Kier molecular flexibility index (Phi) is 7.80. The average molecular weight is 451 g/mol. The highest BCUT2D eigenvalue weighted by molar-refractivity contribution is 7.99. The largest absolute Gasteiger partial charge is 0.376 e. The first-order valence-corrected chi connectivity index (χ1v) is 11.3. The molecule has 1 aliphatic heterocycles. The van der Waals surface area contributed by atoms with Gasteiger partial charge in [0.15, 0.2) is 5.16 Å². The van der Waals surface area contributed by atoms with Gasteiger partial charge in [0.05, 0.1) is 41.4 Å². The van der Waals surface area contributed by atoms with Crippen LogP contribution in [-0.2, 0) is 20.9 Å². The number of ether oxygens (including phenoxy) is 1. The molecule has 0 radical (unpaired) electrons. The zero-order chi connectivity index (χ0) is 21.7. The zero-order valence-electron chi connectivity index (χ0n) is 17.5. The van der Waals surface area contributed by atoms with Gasteiger partial charge in [-0.2, -0.15) is 0 Å². The molecule has 1 aromatic heterocycles. The second kappa shape index (κ2) is 10.3. The van der Waals surface area contributed by atoms with Crippen molar-refractivity contribution >= 4 is 40.9 Å². The minimum Gasteiger partial charge on any atom is -0.376 e. The molecule has 0 aliphatic carbocycles. The molecule has 1 aromatic carbocycles. The van der Waals surface area contributed by atoms with Crippen LogP contribution in [0.3, 0.4) is 0 Å². The summed E-state index contributed by atoms with van der Waals surface area (Å²) in [7, 11) is 1.62. The molecule has 2 aromatic rings. The molecule has 2 amide bonds. The number of anilines is 1. The third kappa shape index (κ3) is 5.77. The summed E-state index contributed by atoms with van der Waals surface area (Å²) in [6.45, 7) is 5.51. The summed E-state index contributed by atoms with van der Waals surface area (Å²) in [6.07, 6.45) is 2.33. The van der Waals surface area contributed by atoms with Gasteiger partial charge in [0.25, 0.3) is 0 Å². The van der Waals surface area contributed by atoms with Crippen molar-refractivity contribution < 1.29 is 14.3 Å². The minimum atomic E-state index is -0.296. The van der Waals surface area contributed by atoms with Gasteiger partial charge >= 0.3 is 0 Å². The van der Waals surface area contributed by atoms with Crippen molar-refractivity contribution in [1.82, 2.24) is 14.5 Å². The lowest BCUT2D eigenvalue weighted by Crippen LogP contribution is -2.36. The second-order valence-electron chi connectivity index (χ2n) is 7.38. The van der Waals surface area contributed by atoms with E-state index in [0.717, 1.165) is 42.5 Å². The number of rotatable bonds is 8. The van der Waals surface area contributed by atoms with Gasteiger partial charge in [-0.05, 0) is 38.8 Å². The summed E-state index contributed by atoms with van der Waals surface area (Å²) < 4.78 is 7.89. The standard InChI is InChI=1S/C21H27ClN4O3S/c1-14-15(2)26(11-16-7-6-10-29-16)21(23-14)30-13-20(28)25(3)12-19(27)24-18-9-5-4-8-17(18)22/h4-5,8-9,16H,6-7,10-13H2,1-3H3,(H,24,27)/t16-/m0/s1. The molecule has 0 bridgehead atoms. The molecular weight excluding hydrogens is 424 g/mol. The van der Waals surface area contributed by atoms with Crippen LogP contribution in [0.25, 0.3) is 0 Å². The first-order valence-electron chi connectivity index (χ1n) is 9.91. The number of hydrogen-bond acceptors (Lipinski definition) is 5. The summed E-state index contributed by atoms with van der Waals surface area (Å²) in [5, 5.41) is 3.99. The Hall–Kier alpha value is -2.03. The van der Waals surface area contributed by atoms with E-state index in [4.69, 9.17) is 16.3 Å². The predicted molar refractivity (Wildman–Crippen MR) is 119 cm³/mol. The number of nitrogens with one attached hydrogen (secondary N) is 1. The molecule has 162 valence electrons. The van der Waals surface area contributed by atoms with Crippen molar-refractivity contribution in [2.24, 2.45) is 0 Å². The first-order chi connectivity index (χ1) is 14.3. The number of aryl methyl sites for hydroxylation is 1. The normalized spacial score (nSPS) is 15.9. The molecule has 30 heavy (non-hydrogen) atoms. The fourth-order valence-corrected chi connectivity index (χ4v) is 4.46. The Morgan fingerprint density at radius 1 is 1.37 bits per heavy atom. The quantitative estimate of drug-likeness (QED) is 0.622. The molecular formula is C21H27ClN4O3S. The summed E-state index contributed by atoms with van der Waals surface area (Å²) in [5.74, 6) is -0.233. The van der Waals surface area contributed by atoms with E-state index >= 15 is 0 Å². The zero-order valence-corrected chi connectivity index (χ0v) is 19.1. The highest BCUT2D eigenvalue weighted by Crippen LogP contribution is 2.24. The van der Waals surface area contributed by atoms with E-state index in [0.29, 0.717) is 10.7 Å². The molecule has 1 atom stereocenters. The topological polar surface area (TPSA) is 76.5 Å². The van der Waals surface area contributed by atoms with Gasteiger partial charge < -0.3 is 19.5 Å². The van der Waals surface area contributed by atoms with Gasteiger partial charge in [0.1, 0.15) is 0 Å². The van der Waals surface area contributed by atoms with Gasteiger partial charge in [-0.3, -0.25) is 9.59 Å². The van der Waals surface area contributed by atoms with E-state index in [1.54, 1.807) is 31.3 Å². The van der Waals surface area contributed by atoms with Gasteiger partial charge in [-0.1, -0.05) is 35.5 Å². The third-order valence-electron chi connectivity index (χ3n) is 5.11. The van der Waals surface area contributed by atoms with E-state index in [1.807, 2.05) is 13.8 Å². The average Bonchev–Trinajstić information content (AvgIpc) is 3.32. The maximum atomic E-state index is 12.6. The molecule has 1 fully saturated rings. The highest BCUT2D eigenvalue weighted by Gasteiger charge is 2.21. The Balaban J connectivity index is 1.54. The number of carbonyl (C=O) groups excluding carboxylic acids is 2. The number of halogens is 1. The van der Waals surface area contributed by atoms with E-state index in [9.17, 15) is 9.59 Å². The number of likely N-dealkylation sites (N-methyl/N-ethyl adjacent to an activating group) is 1. The van der Waals surface area contributed by atoms with Gasteiger partial charge in [-0.15, -0.1) is 0 Å². The van der Waals surface area contributed by atoms with Crippen LogP contribution in [0.15, 0.2) is 29.4 Å². The van der Waals surface area contributed by atoms with Crippen LogP contribution in [0.4, 0.5) is 5.69 Å². The lowest BCUT2D eigenvalue weighted by molar-refractivity contribution is -0.131. The van der Waals surface area contributed by atoms with Crippen molar-refractivity contribution in [3.63, 3.8) is 0 Å². The maximum absolute atomic E-state index is 12.6. The molecule has 2 heterocycles. The monoisotopic (exact) mass is 450 g/mol. The fourth-order valence-electron chi connectivity index (χ4n) is 3.23. The molecule has 7 nitrogen and oxygen atoms in total. The van der Waals surface area contributed by atoms with Crippen LogP contribution < -0.4 is 5.32 Å². The van der Waals surface area contributed by atoms with Crippen molar-refractivity contribution in [3.8, 4) is 0 Å². The number of thioether (sulfide) groups is 1. The number of imidazole rings is 1. The summed E-state index contributed by atoms with van der Waals surface area (Å²) in [6, 6.07) is 6.99. The molecule has 0 spiro atoms. The lowest BCUT2D eigenvalue weighted by atomic mass is 10.2. The molecule has 0 unspecified atom stereocenters. The summed E-state index contributed by atoms with van der Waals surface area (Å²) in [4.78, 5) is 30.8. The molecule has 1 N–H and O–H groups in total. The Morgan fingerprint density at radius 3 is 2.83 bits per heavy atom. The molecule has 9 heteroatoms. The molecule has 0 saturated carbocycles. The first kappa shape index (κ1) is 22.7. The highest BCUT2D eigenvalue weighted by atomic mass is 35.5. The van der Waals surface area contributed by atoms with Crippen LogP contribution in [0, 0.1) is 13.8 Å². The predicted octanol–water partition coefficient (Wildman–Crippen LogP) is 3.52. The smallest absolute Gasteiger partial charge is 0.244 e. The van der Waals surface area contributed by atoms with E-state index in [2.05, 4.69) is 14.9 Å². The number of benzene rings is 1. The Labute approximate surface area is 186 Å². The van der Waals surface area contributed by atoms with Crippen LogP contribution in [0.5, 0.6) is 0 Å². The van der Waals surface area contributed by atoms with Crippen molar-refractivity contribution in [2.75, 3.05) is 31.3 Å². The van der Waals surface area contributed by atoms with Gasteiger partial charge in [0, 0.05) is 19.3 Å². The summed E-state index contributed by atoms with van der Waals surface area (Å²) >= 11 is 7.45. The number of aromatic nitrogens is 2. The van der Waals surface area contributed by atoms with E-state index in [1.165, 1.54) is 16.7 Å². The number of amides is 2. The fraction of sp³-hybridized carbons (Fsp3) is 0.476. The Morgan fingerprint density at radius 2 is 2.13 bits per heavy atom. The number of carbonyl (C=O) groups is 2. The van der Waals surface area contributed by atoms with Crippen molar-refractivity contribution in [2.45, 2.75) is 44.5 Å². The number of para-hydroxylation sites is 1. The van der Waals surface area contributed by atoms with Crippen LogP contribution in [0.1, 0.15) is 24.2 Å². The van der Waals surface area contributed by atoms with Gasteiger partial charge in [-0.25, -0.2) is 4.98 Å². The van der Waals surface area contributed by atoms with Gasteiger partial charge in [0.2, 0.25) is 11.8 Å². The van der Waals surface area contributed by atoms with E-state index < -0.39 is 0 Å². The molecule has 1 saturated heterocycles. The SMILES string of the molecule is Cc1nc(SCC(=O)N(C)CC(=O)Nc2ccccc2Cl)n(C[C@@H]2CCCO2)c1C. The minimum absolute atomic E-state index is 0.0486. The number of hydrogen-bond donors (Lipinski definition) is 1. The van der Waals surface area contributed by atoms with Crippen molar-refractivity contribution in [1.29, 1.82) is 0 Å². The second-order valence-corrected chi connectivity index (χ2v) is 8.73. The van der Waals surface area contributed by atoms with Crippen LogP contribution in [0.2, 0.25) is 5.02 Å². The third-order valence-corrected chi connectivity index (χ3v) is 6.40. The number of nitrogens with zero attached hydrogens (tertiary/aromatic N) is 3. The van der Waals surface area contributed by atoms with Crippen LogP contribution >= 0.6 is 23.4 Å². The Bertz CT molecular complexity index is 912.